The first-order chi connectivity index (χ1) is 4.33. The molecule has 0 radical (unpaired) electrons. The molecule has 0 fully saturated rings. The molecule has 0 atom stereocenters. The third-order valence-corrected chi connectivity index (χ3v) is 2.07. The Hall–Kier alpha value is 0.0634. The van der Waals surface area contributed by atoms with E-state index in [1.807, 2.05) is 24.3 Å². The average molecular weight is 295 g/mol. The van der Waals surface area contributed by atoms with Crippen LogP contribution >= 0.6 is 24.0 Å². The van der Waals surface area contributed by atoms with E-state index in [1.165, 1.54) is 4.16 Å². The van der Waals surface area contributed by atoms with E-state index in [-0.39, 0.29) is 24.0 Å². The molecule has 47 valence electrons. The van der Waals surface area contributed by atoms with Gasteiger partial charge in [-0.05, 0) is 0 Å². The number of hydrogen-bond acceptors (Lipinski definition) is 1. The van der Waals surface area contributed by atoms with Crippen molar-refractivity contribution in [2.75, 3.05) is 0 Å². The third-order valence-electron chi connectivity index (χ3n) is 1.08. The van der Waals surface area contributed by atoms with Gasteiger partial charge in [-0.25, -0.2) is 0 Å². The van der Waals surface area contributed by atoms with Gasteiger partial charge in [0, 0.05) is 0 Å². The third kappa shape index (κ3) is 2.76. The molecule has 0 heterocycles. The fourth-order valence-corrected chi connectivity index (χ4v) is 1.07. The van der Waals surface area contributed by atoms with Crippen molar-refractivity contribution in [1.29, 1.82) is 5.26 Å². The topological polar surface area (TPSA) is 23.8 Å². The molecule has 1 rings (SSSR count). The molecular weight excluding hydrogens is 290 g/mol. The molecule has 0 bridgehead atoms. The van der Waals surface area contributed by atoms with Crippen LogP contribution in [0.2, 0.25) is 0 Å². The van der Waals surface area contributed by atoms with Gasteiger partial charge in [-0.2, -0.15) is 0 Å². The van der Waals surface area contributed by atoms with Crippen LogP contribution in [0.25, 0.3) is 0 Å². The standard InChI is InChI=1S/C7H4N.HI.Zn/c8-6-7-4-2-1-3-5-7;;/h2-5H;1H;. The molecule has 1 aromatic carbocycles. The van der Waals surface area contributed by atoms with Crippen LogP contribution in [0.4, 0.5) is 0 Å². The molecule has 3 heteroatoms. The van der Waals surface area contributed by atoms with Gasteiger partial charge in [0.1, 0.15) is 0 Å². The van der Waals surface area contributed by atoms with Gasteiger partial charge in [0.05, 0.1) is 0 Å². The fourth-order valence-electron chi connectivity index (χ4n) is 0.579. The molecule has 0 aliphatic rings. The van der Waals surface area contributed by atoms with Crippen LogP contribution in [0.15, 0.2) is 24.3 Å². The van der Waals surface area contributed by atoms with Gasteiger partial charge >= 0.3 is 63.6 Å². The van der Waals surface area contributed by atoms with E-state index >= 15 is 0 Å². The summed E-state index contributed by atoms with van der Waals surface area (Å²) in [5.41, 5.74) is 0.743. The summed E-state index contributed by atoms with van der Waals surface area (Å²) < 4.78 is 1.31. The van der Waals surface area contributed by atoms with Crippen LogP contribution in [0.1, 0.15) is 5.56 Å². The second kappa shape index (κ2) is 4.81. The molecule has 0 saturated carbocycles. The predicted octanol–water partition coefficient (Wildman–Crippen LogP) is 1.35. The minimum absolute atomic E-state index is 0. The molecule has 1 nitrogen and oxygen atoms in total. The number of hydrogen-bond donors (Lipinski definition) is 0. The van der Waals surface area contributed by atoms with Crippen LogP contribution < -0.4 is 4.16 Å². The molecule has 0 N–H and O–H groups in total. The Bertz CT molecular complexity index is 237. The number of nitrogens with zero attached hydrogens (tertiary/aromatic N) is 1. The fraction of sp³-hybridized carbons (Fsp3) is 0. The summed E-state index contributed by atoms with van der Waals surface area (Å²) in [7, 11) is 0. The molecule has 0 aromatic heterocycles. The Morgan fingerprint density at radius 1 is 1.20 bits per heavy atom. The van der Waals surface area contributed by atoms with Gasteiger partial charge in [-0.15, -0.1) is 24.0 Å². The van der Waals surface area contributed by atoms with Gasteiger partial charge in [0.15, 0.2) is 0 Å². The van der Waals surface area contributed by atoms with Crippen molar-refractivity contribution in [3.8, 4) is 6.07 Å². The van der Waals surface area contributed by atoms with Crippen LogP contribution in [-0.2, 0) is 18.3 Å². The van der Waals surface area contributed by atoms with E-state index in [2.05, 4.69) is 6.07 Å². The quantitative estimate of drug-likeness (QED) is 0.523. The van der Waals surface area contributed by atoms with Gasteiger partial charge in [0.2, 0.25) is 0 Å². The Morgan fingerprint density at radius 3 is 2.10 bits per heavy atom. The SMILES string of the molecule is I.N#Cc1cc[c]([Zn])cc1. The second-order valence-corrected chi connectivity index (χ2v) is 3.52. The Kier molecular flexibility index (Phi) is 4.84. The van der Waals surface area contributed by atoms with E-state index in [4.69, 9.17) is 5.26 Å². The van der Waals surface area contributed by atoms with E-state index < -0.39 is 0 Å². The molecule has 1 aromatic rings. The zero-order chi connectivity index (χ0) is 6.69. The van der Waals surface area contributed by atoms with Crippen molar-refractivity contribution in [2.24, 2.45) is 0 Å². The van der Waals surface area contributed by atoms with Gasteiger partial charge in [-0.1, -0.05) is 0 Å². The first kappa shape index (κ1) is 10.1. The van der Waals surface area contributed by atoms with Crippen molar-refractivity contribution in [2.45, 2.75) is 0 Å². The molecule has 0 amide bonds. The van der Waals surface area contributed by atoms with Crippen molar-refractivity contribution < 1.29 is 18.3 Å². The van der Waals surface area contributed by atoms with Crippen molar-refractivity contribution in [3.05, 3.63) is 29.8 Å². The van der Waals surface area contributed by atoms with Gasteiger partial charge in [-0.3, -0.25) is 0 Å². The number of rotatable bonds is 0. The van der Waals surface area contributed by atoms with Gasteiger partial charge in [0.25, 0.3) is 0 Å². The first-order valence-corrected chi connectivity index (χ1v) is 4.13. The summed E-state index contributed by atoms with van der Waals surface area (Å²) in [6.45, 7) is 0. The molecule has 0 unspecified atom stereocenters. The van der Waals surface area contributed by atoms with E-state index in [0.717, 1.165) is 23.9 Å². The predicted molar refractivity (Wildman–Crippen MR) is 46.2 cm³/mol. The molecule has 0 saturated heterocycles. The van der Waals surface area contributed by atoms with E-state index in [9.17, 15) is 0 Å². The summed E-state index contributed by atoms with van der Waals surface area (Å²) in [4.78, 5) is 0. The van der Waals surface area contributed by atoms with Crippen molar-refractivity contribution in [1.82, 2.24) is 0 Å². The molecule has 10 heavy (non-hydrogen) atoms. The summed E-state index contributed by atoms with van der Waals surface area (Å²) in [6, 6.07) is 9.73. The van der Waals surface area contributed by atoms with Crippen molar-refractivity contribution >= 4 is 28.1 Å². The summed E-state index contributed by atoms with van der Waals surface area (Å²) >= 11 is 1.16. The Balaban J connectivity index is 0.000000810. The van der Waals surface area contributed by atoms with E-state index in [1.54, 1.807) is 0 Å². The molecule has 0 aliphatic carbocycles. The van der Waals surface area contributed by atoms with E-state index in [0.29, 0.717) is 0 Å². The number of halogens is 1. The number of benzene rings is 1. The molecule has 0 aliphatic heterocycles. The zero-order valence-corrected chi connectivity index (χ0v) is 10.7. The summed E-state index contributed by atoms with van der Waals surface area (Å²) in [5, 5.41) is 8.39. The average Bonchev–Trinajstić information content (AvgIpc) is 1.90. The van der Waals surface area contributed by atoms with Crippen molar-refractivity contribution in [3.63, 3.8) is 0 Å². The second-order valence-electron chi connectivity index (χ2n) is 1.81. The first-order valence-electron chi connectivity index (χ1n) is 2.65. The number of nitriles is 1. The zero-order valence-electron chi connectivity index (χ0n) is 5.37. The molecular formula is C7H5INZn. The monoisotopic (exact) mass is 294 g/mol. The molecule has 0 spiro atoms. The minimum atomic E-state index is 0. The van der Waals surface area contributed by atoms with Crippen LogP contribution in [-0.4, -0.2) is 0 Å². The maximum atomic E-state index is 8.39. The van der Waals surface area contributed by atoms with Crippen LogP contribution in [0.3, 0.4) is 0 Å². The summed E-state index contributed by atoms with van der Waals surface area (Å²) in [5.74, 6) is 0. The van der Waals surface area contributed by atoms with Crippen LogP contribution in [0, 0.1) is 11.3 Å². The van der Waals surface area contributed by atoms with Crippen LogP contribution in [0.5, 0.6) is 0 Å². The normalized spacial score (nSPS) is 7.70. The maximum absolute atomic E-state index is 8.39. The summed E-state index contributed by atoms with van der Waals surface area (Å²) in [6.07, 6.45) is 0. The van der Waals surface area contributed by atoms with Gasteiger partial charge < -0.3 is 0 Å². The Labute approximate surface area is 87.1 Å². The Morgan fingerprint density at radius 2 is 1.70 bits per heavy atom.